The first-order valence-corrected chi connectivity index (χ1v) is 12.3. The van der Waals surface area contributed by atoms with E-state index in [4.69, 9.17) is 9.47 Å². The van der Waals surface area contributed by atoms with Crippen molar-refractivity contribution in [2.24, 2.45) is 0 Å². The van der Waals surface area contributed by atoms with Crippen molar-refractivity contribution in [3.05, 3.63) is 84.4 Å². The Morgan fingerprint density at radius 2 is 1.65 bits per heavy atom. The van der Waals surface area contributed by atoms with Crippen LogP contribution in [-0.4, -0.2) is 45.5 Å². The number of carbonyl (C=O) groups excluding carboxylic acids is 3. The molecule has 0 fully saturated rings. The van der Waals surface area contributed by atoms with E-state index in [9.17, 15) is 18.8 Å². The third-order valence-corrected chi connectivity index (χ3v) is 5.61. The molecule has 206 valence electrons. The van der Waals surface area contributed by atoms with Crippen molar-refractivity contribution in [3.63, 3.8) is 0 Å². The summed E-state index contributed by atoms with van der Waals surface area (Å²) in [5.74, 6) is -1.39. The minimum Gasteiger partial charge on any atom is -0.496 e. The average molecular weight is 546 g/mol. The molecule has 0 saturated carbocycles. The molecular formula is C29H28FN5O5. The highest BCUT2D eigenvalue weighted by Crippen LogP contribution is 2.39. The van der Waals surface area contributed by atoms with Crippen LogP contribution in [0.3, 0.4) is 0 Å². The SMILES string of the molecule is COc1cc(NC(=O)OC(C)(C)C)c(NC(=O)CC(=O)c2ccccc2-n2ccnn2)cc1-c1ccccc1F. The number of para-hydroxylation sites is 1. The van der Waals surface area contributed by atoms with E-state index in [1.807, 2.05) is 0 Å². The Kier molecular flexibility index (Phi) is 8.23. The van der Waals surface area contributed by atoms with Gasteiger partial charge >= 0.3 is 6.09 Å². The molecule has 4 aromatic rings. The smallest absolute Gasteiger partial charge is 0.412 e. The second-order valence-electron chi connectivity index (χ2n) is 9.72. The second-order valence-corrected chi connectivity index (χ2v) is 9.72. The lowest BCUT2D eigenvalue weighted by molar-refractivity contribution is -0.115. The van der Waals surface area contributed by atoms with Crippen LogP contribution in [0.2, 0.25) is 0 Å². The minimum absolute atomic E-state index is 0.118. The molecule has 11 heteroatoms. The molecule has 0 spiro atoms. The van der Waals surface area contributed by atoms with Gasteiger partial charge in [-0.05, 0) is 45.0 Å². The highest BCUT2D eigenvalue weighted by atomic mass is 19.1. The Morgan fingerprint density at radius 1 is 0.950 bits per heavy atom. The largest absolute Gasteiger partial charge is 0.496 e. The van der Waals surface area contributed by atoms with Crippen molar-refractivity contribution in [2.45, 2.75) is 32.8 Å². The van der Waals surface area contributed by atoms with E-state index in [1.54, 1.807) is 69.4 Å². The molecule has 1 heterocycles. The van der Waals surface area contributed by atoms with Crippen LogP contribution in [-0.2, 0) is 9.53 Å². The van der Waals surface area contributed by atoms with Gasteiger partial charge in [0.1, 0.15) is 17.2 Å². The third kappa shape index (κ3) is 6.68. The summed E-state index contributed by atoms with van der Waals surface area (Å²) in [5, 5.41) is 13.0. The second kappa shape index (κ2) is 11.8. The van der Waals surface area contributed by atoms with Crippen LogP contribution in [0.5, 0.6) is 5.75 Å². The van der Waals surface area contributed by atoms with E-state index in [0.717, 1.165) is 0 Å². The van der Waals surface area contributed by atoms with Gasteiger partial charge < -0.3 is 14.8 Å². The van der Waals surface area contributed by atoms with Crippen molar-refractivity contribution in [3.8, 4) is 22.6 Å². The Morgan fingerprint density at radius 3 is 2.33 bits per heavy atom. The lowest BCUT2D eigenvalue weighted by Crippen LogP contribution is -2.27. The Labute approximate surface area is 230 Å². The molecule has 0 unspecified atom stereocenters. The van der Waals surface area contributed by atoms with Crippen LogP contribution in [0.1, 0.15) is 37.6 Å². The fourth-order valence-corrected chi connectivity index (χ4v) is 3.94. The van der Waals surface area contributed by atoms with Gasteiger partial charge in [-0.1, -0.05) is 35.5 Å². The molecule has 0 saturated heterocycles. The molecule has 2 amide bonds. The van der Waals surface area contributed by atoms with Crippen molar-refractivity contribution in [2.75, 3.05) is 17.7 Å². The maximum Gasteiger partial charge on any atom is 0.412 e. The fraction of sp³-hybridized carbons (Fsp3) is 0.207. The maximum atomic E-state index is 14.7. The number of hydrogen-bond acceptors (Lipinski definition) is 7. The maximum absolute atomic E-state index is 14.7. The zero-order chi connectivity index (χ0) is 28.9. The molecule has 10 nitrogen and oxygen atoms in total. The van der Waals surface area contributed by atoms with Crippen LogP contribution < -0.4 is 15.4 Å². The molecule has 0 aliphatic carbocycles. The Balaban J connectivity index is 1.66. The van der Waals surface area contributed by atoms with Crippen molar-refractivity contribution in [1.82, 2.24) is 15.0 Å². The first-order chi connectivity index (χ1) is 19.1. The predicted molar refractivity (Wildman–Crippen MR) is 147 cm³/mol. The monoisotopic (exact) mass is 545 g/mol. The Bertz CT molecular complexity index is 1550. The van der Waals surface area contributed by atoms with E-state index < -0.39 is 35.6 Å². The predicted octanol–water partition coefficient (Wildman–Crippen LogP) is 5.64. The van der Waals surface area contributed by atoms with Gasteiger partial charge in [-0.3, -0.25) is 14.9 Å². The van der Waals surface area contributed by atoms with E-state index >= 15 is 0 Å². The van der Waals surface area contributed by atoms with E-state index in [0.29, 0.717) is 11.3 Å². The molecule has 0 radical (unpaired) electrons. The van der Waals surface area contributed by atoms with Crippen LogP contribution in [0, 0.1) is 5.82 Å². The number of ketones is 1. The number of carbonyl (C=O) groups is 3. The summed E-state index contributed by atoms with van der Waals surface area (Å²) >= 11 is 0. The number of nitrogens with one attached hydrogen (secondary N) is 2. The summed E-state index contributed by atoms with van der Waals surface area (Å²) in [6.07, 6.45) is 1.77. The van der Waals surface area contributed by atoms with Gasteiger partial charge in [0.05, 0.1) is 43.0 Å². The normalized spacial score (nSPS) is 11.0. The number of hydrogen-bond donors (Lipinski definition) is 2. The van der Waals surface area contributed by atoms with Crippen molar-refractivity contribution >= 4 is 29.2 Å². The number of Topliss-reactive ketones (excluding diaryl/α,β-unsaturated/α-hetero) is 1. The summed E-state index contributed by atoms with van der Waals surface area (Å²) in [5.41, 5.74) is 0.759. The van der Waals surface area contributed by atoms with Gasteiger partial charge in [0.2, 0.25) is 5.91 Å². The van der Waals surface area contributed by atoms with Gasteiger partial charge in [-0.2, -0.15) is 0 Å². The first kappa shape index (κ1) is 28.0. The van der Waals surface area contributed by atoms with Gasteiger partial charge in [0.25, 0.3) is 0 Å². The molecule has 0 aliphatic rings. The van der Waals surface area contributed by atoms with Crippen LogP contribution in [0.25, 0.3) is 16.8 Å². The first-order valence-electron chi connectivity index (χ1n) is 12.3. The van der Waals surface area contributed by atoms with Gasteiger partial charge in [-0.15, -0.1) is 5.10 Å². The highest BCUT2D eigenvalue weighted by Gasteiger charge is 2.22. The zero-order valence-electron chi connectivity index (χ0n) is 22.4. The van der Waals surface area contributed by atoms with E-state index in [-0.39, 0.29) is 28.3 Å². The summed E-state index contributed by atoms with van der Waals surface area (Å²) in [7, 11) is 1.40. The molecule has 0 aliphatic heterocycles. The molecule has 40 heavy (non-hydrogen) atoms. The number of amides is 2. The standard InChI is InChI=1S/C29H28FN5O5/c1-29(2,3)40-28(38)33-23-16-26(39-4)20(18-9-5-7-11-21(18)30)15-22(23)32-27(37)17-25(36)19-10-6-8-12-24(19)35-14-13-31-34-35/h5-16H,17H2,1-4H3,(H,32,37)(H,33,38). The Hall–Kier alpha value is -5.06. The molecule has 0 atom stereocenters. The van der Waals surface area contributed by atoms with Crippen LogP contribution in [0.15, 0.2) is 73.1 Å². The van der Waals surface area contributed by atoms with E-state index in [2.05, 4.69) is 20.9 Å². The number of ether oxygens (including phenoxy) is 2. The molecule has 4 rings (SSSR count). The molecule has 2 N–H and O–H groups in total. The number of nitrogens with zero attached hydrogens (tertiary/aromatic N) is 3. The lowest BCUT2D eigenvalue weighted by atomic mass is 10.0. The molecular weight excluding hydrogens is 517 g/mol. The van der Waals surface area contributed by atoms with Gasteiger partial charge in [0, 0.05) is 22.8 Å². The van der Waals surface area contributed by atoms with E-state index in [1.165, 1.54) is 36.2 Å². The molecule has 0 bridgehead atoms. The number of rotatable bonds is 8. The number of methoxy groups -OCH3 is 1. The van der Waals surface area contributed by atoms with Crippen LogP contribution >= 0.6 is 0 Å². The van der Waals surface area contributed by atoms with Crippen molar-refractivity contribution < 1.29 is 28.2 Å². The number of halogens is 1. The molecule has 1 aromatic heterocycles. The van der Waals surface area contributed by atoms with Gasteiger partial charge in [-0.25, -0.2) is 13.9 Å². The van der Waals surface area contributed by atoms with Crippen molar-refractivity contribution in [1.29, 1.82) is 0 Å². The number of aromatic nitrogens is 3. The summed E-state index contributed by atoms with van der Waals surface area (Å²) in [4.78, 5) is 38.8. The quantitative estimate of drug-likeness (QED) is 0.217. The number of anilines is 2. The zero-order valence-corrected chi connectivity index (χ0v) is 22.4. The topological polar surface area (TPSA) is 124 Å². The summed E-state index contributed by atoms with van der Waals surface area (Å²) in [6, 6.07) is 15.7. The lowest BCUT2D eigenvalue weighted by Gasteiger charge is -2.21. The average Bonchev–Trinajstić information content (AvgIpc) is 3.43. The third-order valence-electron chi connectivity index (χ3n) is 5.61. The van der Waals surface area contributed by atoms with Gasteiger partial charge in [0.15, 0.2) is 5.78 Å². The molecule has 3 aromatic carbocycles. The number of benzene rings is 3. The minimum atomic E-state index is -0.783. The summed E-state index contributed by atoms with van der Waals surface area (Å²) in [6.45, 7) is 5.12. The highest BCUT2D eigenvalue weighted by molar-refractivity contribution is 6.13. The fourth-order valence-electron chi connectivity index (χ4n) is 3.94. The van der Waals surface area contributed by atoms with Crippen LogP contribution in [0.4, 0.5) is 20.6 Å². The summed E-state index contributed by atoms with van der Waals surface area (Å²) < 4.78 is 27.0.